The number of methoxy groups -OCH3 is 3. The summed E-state index contributed by atoms with van der Waals surface area (Å²) in [6.45, 7) is 2.13. The van der Waals surface area contributed by atoms with Gasteiger partial charge in [0.2, 0.25) is 16.8 Å². The molecular weight excluding hydrogens is 342 g/mol. The molecule has 25 heavy (non-hydrogen) atoms. The number of hydrogen-bond donors (Lipinski definition) is 1. The standard InChI is InChI=1S/C17H23N3O4S/c1-5-6-7-14-19-20-17(25-14)18-13(21)10-11-8-9-12(22-2)16(24-4)15(11)23-3/h8-9H,5-7,10H2,1-4H3,(H,18,20,21). The Kier molecular flexibility index (Phi) is 7.00. The molecule has 0 aliphatic heterocycles. The number of aromatic nitrogens is 2. The van der Waals surface area contributed by atoms with Gasteiger partial charge in [-0.2, -0.15) is 0 Å². The van der Waals surface area contributed by atoms with Crippen LogP contribution in [0.5, 0.6) is 17.2 Å². The normalized spacial score (nSPS) is 10.4. The lowest BCUT2D eigenvalue weighted by Crippen LogP contribution is -2.15. The quantitative estimate of drug-likeness (QED) is 0.735. The minimum absolute atomic E-state index is 0.132. The molecule has 1 heterocycles. The van der Waals surface area contributed by atoms with Crippen LogP contribution in [0.15, 0.2) is 12.1 Å². The maximum atomic E-state index is 12.3. The van der Waals surface area contributed by atoms with Crippen LogP contribution >= 0.6 is 11.3 Å². The Morgan fingerprint density at radius 2 is 1.88 bits per heavy atom. The van der Waals surface area contributed by atoms with Crippen molar-refractivity contribution < 1.29 is 19.0 Å². The summed E-state index contributed by atoms with van der Waals surface area (Å²) in [7, 11) is 4.61. The first-order valence-corrected chi connectivity index (χ1v) is 8.84. The number of nitrogens with one attached hydrogen (secondary N) is 1. The fourth-order valence-corrected chi connectivity index (χ4v) is 3.17. The minimum Gasteiger partial charge on any atom is -0.493 e. The van der Waals surface area contributed by atoms with Gasteiger partial charge >= 0.3 is 0 Å². The molecule has 0 bridgehead atoms. The molecule has 0 saturated carbocycles. The van der Waals surface area contributed by atoms with E-state index in [4.69, 9.17) is 14.2 Å². The second kappa shape index (κ2) is 9.22. The third-order valence-corrected chi connectivity index (χ3v) is 4.49. The van der Waals surface area contributed by atoms with Crippen molar-refractivity contribution in [1.82, 2.24) is 10.2 Å². The van der Waals surface area contributed by atoms with Crippen LogP contribution in [0.4, 0.5) is 5.13 Å². The molecule has 0 aliphatic rings. The van der Waals surface area contributed by atoms with E-state index < -0.39 is 0 Å². The number of anilines is 1. The molecule has 1 aromatic heterocycles. The molecule has 0 atom stereocenters. The van der Waals surface area contributed by atoms with Crippen molar-refractivity contribution in [3.63, 3.8) is 0 Å². The van der Waals surface area contributed by atoms with E-state index in [0.29, 0.717) is 27.9 Å². The molecule has 0 fully saturated rings. The van der Waals surface area contributed by atoms with E-state index in [-0.39, 0.29) is 12.3 Å². The zero-order valence-corrected chi connectivity index (χ0v) is 15.7. The Labute approximate surface area is 151 Å². The number of rotatable bonds is 9. The summed E-state index contributed by atoms with van der Waals surface area (Å²) in [5.41, 5.74) is 0.702. The van der Waals surface area contributed by atoms with Crippen molar-refractivity contribution >= 4 is 22.4 Å². The van der Waals surface area contributed by atoms with Gasteiger partial charge in [0, 0.05) is 12.0 Å². The van der Waals surface area contributed by atoms with Gasteiger partial charge in [-0.05, 0) is 12.5 Å². The monoisotopic (exact) mass is 365 g/mol. The first-order chi connectivity index (χ1) is 12.1. The average molecular weight is 365 g/mol. The lowest BCUT2D eigenvalue weighted by atomic mass is 10.1. The van der Waals surface area contributed by atoms with Gasteiger partial charge in [0.15, 0.2) is 11.5 Å². The van der Waals surface area contributed by atoms with Crippen molar-refractivity contribution in [2.75, 3.05) is 26.6 Å². The summed E-state index contributed by atoms with van der Waals surface area (Å²) in [6, 6.07) is 3.53. The molecule has 0 aliphatic carbocycles. The zero-order chi connectivity index (χ0) is 18.2. The summed E-state index contributed by atoms with van der Waals surface area (Å²) in [5.74, 6) is 1.31. The number of aryl methyl sites for hydroxylation is 1. The Morgan fingerprint density at radius 1 is 1.12 bits per heavy atom. The third kappa shape index (κ3) is 4.82. The highest BCUT2D eigenvalue weighted by Crippen LogP contribution is 2.39. The summed E-state index contributed by atoms with van der Waals surface area (Å²) in [6.07, 6.45) is 3.17. The van der Waals surface area contributed by atoms with Crippen LogP contribution in [0.3, 0.4) is 0 Å². The first kappa shape index (κ1) is 19.0. The van der Waals surface area contributed by atoms with Crippen LogP contribution in [0.2, 0.25) is 0 Å². The van der Waals surface area contributed by atoms with Gasteiger partial charge in [-0.1, -0.05) is 30.7 Å². The fourth-order valence-electron chi connectivity index (χ4n) is 2.37. The van der Waals surface area contributed by atoms with E-state index in [1.54, 1.807) is 19.2 Å². The molecule has 1 N–H and O–H groups in total. The molecule has 7 nitrogen and oxygen atoms in total. The largest absolute Gasteiger partial charge is 0.493 e. The van der Waals surface area contributed by atoms with Crippen LogP contribution in [0.25, 0.3) is 0 Å². The molecule has 2 aromatic rings. The van der Waals surface area contributed by atoms with Crippen LogP contribution in [-0.2, 0) is 17.6 Å². The smallest absolute Gasteiger partial charge is 0.230 e. The van der Waals surface area contributed by atoms with Crippen LogP contribution in [-0.4, -0.2) is 37.4 Å². The van der Waals surface area contributed by atoms with E-state index in [1.165, 1.54) is 25.6 Å². The Bertz CT molecular complexity index is 718. The number of unbranched alkanes of at least 4 members (excludes halogenated alkanes) is 1. The Hall–Kier alpha value is -2.35. The molecular formula is C17H23N3O4S. The highest BCUT2D eigenvalue weighted by molar-refractivity contribution is 7.15. The molecule has 0 spiro atoms. The number of amides is 1. The second-order valence-electron chi connectivity index (χ2n) is 5.32. The molecule has 1 aromatic carbocycles. The molecule has 0 radical (unpaired) electrons. The zero-order valence-electron chi connectivity index (χ0n) is 14.9. The molecule has 0 saturated heterocycles. The maximum absolute atomic E-state index is 12.3. The number of carbonyl (C=O) groups is 1. The number of carbonyl (C=O) groups excluding carboxylic acids is 1. The van der Waals surface area contributed by atoms with E-state index >= 15 is 0 Å². The van der Waals surface area contributed by atoms with E-state index in [0.717, 1.165) is 24.3 Å². The molecule has 2 rings (SSSR count). The average Bonchev–Trinajstić information content (AvgIpc) is 3.06. The van der Waals surface area contributed by atoms with Gasteiger partial charge in [0.1, 0.15) is 5.01 Å². The highest BCUT2D eigenvalue weighted by atomic mass is 32.1. The fraction of sp³-hybridized carbons (Fsp3) is 0.471. The second-order valence-corrected chi connectivity index (χ2v) is 6.38. The Balaban J connectivity index is 2.08. The van der Waals surface area contributed by atoms with E-state index in [9.17, 15) is 4.79 Å². The SMILES string of the molecule is CCCCc1nnc(NC(=O)Cc2ccc(OC)c(OC)c2OC)s1. The predicted molar refractivity (Wildman–Crippen MR) is 97.0 cm³/mol. The lowest BCUT2D eigenvalue weighted by molar-refractivity contribution is -0.115. The molecule has 8 heteroatoms. The van der Waals surface area contributed by atoms with Gasteiger partial charge in [-0.3, -0.25) is 4.79 Å². The van der Waals surface area contributed by atoms with Crippen molar-refractivity contribution in [3.8, 4) is 17.2 Å². The van der Waals surface area contributed by atoms with Crippen LogP contribution in [0.1, 0.15) is 30.3 Å². The highest BCUT2D eigenvalue weighted by Gasteiger charge is 2.18. The van der Waals surface area contributed by atoms with Gasteiger partial charge in [0.25, 0.3) is 0 Å². The van der Waals surface area contributed by atoms with Gasteiger partial charge < -0.3 is 19.5 Å². The van der Waals surface area contributed by atoms with Gasteiger partial charge in [-0.25, -0.2) is 0 Å². The Morgan fingerprint density at radius 3 is 2.52 bits per heavy atom. The van der Waals surface area contributed by atoms with Crippen molar-refractivity contribution in [2.45, 2.75) is 32.6 Å². The van der Waals surface area contributed by atoms with Crippen molar-refractivity contribution in [1.29, 1.82) is 0 Å². The third-order valence-electron chi connectivity index (χ3n) is 3.59. The van der Waals surface area contributed by atoms with Gasteiger partial charge in [0.05, 0.1) is 27.8 Å². The maximum Gasteiger partial charge on any atom is 0.230 e. The number of ether oxygens (including phenoxy) is 3. The van der Waals surface area contributed by atoms with E-state index in [1.807, 2.05) is 0 Å². The predicted octanol–water partition coefficient (Wildman–Crippen LogP) is 3.09. The number of nitrogens with zero attached hydrogens (tertiary/aromatic N) is 2. The topological polar surface area (TPSA) is 82.6 Å². The van der Waals surface area contributed by atoms with E-state index in [2.05, 4.69) is 22.4 Å². The first-order valence-electron chi connectivity index (χ1n) is 8.03. The molecule has 0 unspecified atom stereocenters. The van der Waals surface area contributed by atoms with Crippen molar-refractivity contribution in [3.05, 3.63) is 22.7 Å². The molecule has 136 valence electrons. The van der Waals surface area contributed by atoms with Crippen LogP contribution in [0, 0.1) is 0 Å². The number of benzene rings is 1. The molecule has 1 amide bonds. The summed E-state index contributed by atoms with van der Waals surface area (Å²) < 4.78 is 16.0. The van der Waals surface area contributed by atoms with Crippen LogP contribution < -0.4 is 19.5 Å². The summed E-state index contributed by atoms with van der Waals surface area (Å²) in [5, 5.41) is 12.3. The minimum atomic E-state index is -0.191. The lowest BCUT2D eigenvalue weighted by Gasteiger charge is -2.15. The summed E-state index contributed by atoms with van der Waals surface area (Å²) in [4.78, 5) is 12.3. The summed E-state index contributed by atoms with van der Waals surface area (Å²) >= 11 is 1.41. The van der Waals surface area contributed by atoms with Crippen molar-refractivity contribution in [2.24, 2.45) is 0 Å². The van der Waals surface area contributed by atoms with Gasteiger partial charge in [-0.15, -0.1) is 10.2 Å². The number of hydrogen-bond acceptors (Lipinski definition) is 7.